The standard InChI is InChI=1S/C21H27N/c1-17(2)22(18(3)4)21(20-13-9-6-10-14-20)16-15-19-11-7-5-8-12-19/h5-18,21H,1-4H3/b16-15+/t21-/m0/s1. The van der Waals surface area contributed by atoms with Crippen molar-refractivity contribution in [2.45, 2.75) is 45.8 Å². The first kappa shape index (κ1) is 16.5. The average molecular weight is 293 g/mol. The first-order chi connectivity index (χ1) is 10.6. The Bertz CT molecular complexity index is 561. The van der Waals surface area contributed by atoms with Crippen molar-refractivity contribution in [2.75, 3.05) is 0 Å². The Morgan fingerprint density at radius 1 is 0.727 bits per heavy atom. The molecule has 0 aliphatic rings. The molecule has 22 heavy (non-hydrogen) atoms. The molecule has 2 rings (SSSR count). The van der Waals surface area contributed by atoms with Crippen LogP contribution in [0.25, 0.3) is 6.08 Å². The summed E-state index contributed by atoms with van der Waals surface area (Å²) in [5, 5.41) is 0. The van der Waals surface area contributed by atoms with E-state index in [0.29, 0.717) is 18.1 Å². The molecule has 1 heteroatoms. The second-order valence-electron chi connectivity index (χ2n) is 6.26. The summed E-state index contributed by atoms with van der Waals surface area (Å²) < 4.78 is 0. The second-order valence-corrected chi connectivity index (χ2v) is 6.26. The van der Waals surface area contributed by atoms with Crippen LogP contribution in [0.5, 0.6) is 0 Å². The summed E-state index contributed by atoms with van der Waals surface area (Å²) >= 11 is 0. The van der Waals surface area contributed by atoms with Gasteiger partial charge in [0.05, 0.1) is 6.04 Å². The molecule has 0 bridgehead atoms. The van der Waals surface area contributed by atoms with Gasteiger partial charge in [-0.15, -0.1) is 0 Å². The molecular formula is C21H27N. The lowest BCUT2D eigenvalue weighted by Crippen LogP contribution is -2.39. The highest BCUT2D eigenvalue weighted by molar-refractivity contribution is 5.50. The first-order valence-corrected chi connectivity index (χ1v) is 8.15. The minimum absolute atomic E-state index is 0.293. The van der Waals surface area contributed by atoms with Crippen LogP contribution >= 0.6 is 0 Å². The van der Waals surface area contributed by atoms with Gasteiger partial charge in [-0.25, -0.2) is 0 Å². The second kappa shape index (κ2) is 7.95. The first-order valence-electron chi connectivity index (χ1n) is 8.15. The Hall–Kier alpha value is -1.86. The smallest absolute Gasteiger partial charge is 0.0539 e. The minimum Gasteiger partial charge on any atom is -0.288 e. The van der Waals surface area contributed by atoms with E-state index < -0.39 is 0 Å². The Kier molecular flexibility index (Phi) is 5.97. The summed E-state index contributed by atoms with van der Waals surface area (Å²) in [5.41, 5.74) is 2.59. The third kappa shape index (κ3) is 4.32. The molecule has 116 valence electrons. The zero-order valence-electron chi connectivity index (χ0n) is 14.1. The van der Waals surface area contributed by atoms with Gasteiger partial charge in [0.25, 0.3) is 0 Å². The summed E-state index contributed by atoms with van der Waals surface area (Å²) in [7, 11) is 0. The Labute approximate surface area is 135 Å². The van der Waals surface area contributed by atoms with E-state index in [1.807, 2.05) is 0 Å². The van der Waals surface area contributed by atoms with Crippen molar-refractivity contribution in [1.82, 2.24) is 4.90 Å². The van der Waals surface area contributed by atoms with Gasteiger partial charge in [0, 0.05) is 12.1 Å². The van der Waals surface area contributed by atoms with Crippen molar-refractivity contribution in [1.29, 1.82) is 0 Å². The lowest BCUT2D eigenvalue weighted by Gasteiger charge is -2.37. The average Bonchev–Trinajstić information content (AvgIpc) is 2.52. The third-order valence-corrected chi connectivity index (χ3v) is 3.93. The summed E-state index contributed by atoms with van der Waals surface area (Å²) in [6.45, 7) is 9.08. The molecular weight excluding hydrogens is 266 g/mol. The van der Waals surface area contributed by atoms with Crippen molar-refractivity contribution < 1.29 is 0 Å². The van der Waals surface area contributed by atoms with Crippen LogP contribution in [0.2, 0.25) is 0 Å². The molecule has 0 fully saturated rings. The SMILES string of the molecule is CC(C)N(C(C)C)[C@@H](/C=C/c1ccccc1)c1ccccc1. The monoisotopic (exact) mass is 293 g/mol. The van der Waals surface area contributed by atoms with Crippen LogP contribution in [0.4, 0.5) is 0 Å². The topological polar surface area (TPSA) is 3.24 Å². The maximum Gasteiger partial charge on any atom is 0.0539 e. The van der Waals surface area contributed by atoms with Crippen molar-refractivity contribution >= 4 is 6.08 Å². The molecule has 0 amide bonds. The van der Waals surface area contributed by atoms with E-state index in [1.165, 1.54) is 11.1 Å². The molecule has 0 heterocycles. The van der Waals surface area contributed by atoms with Gasteiger partial charge >= 0.3 is 0 Å². The molecule has 1 atom stereocenters. The van der Waals surface area contributed by atoms with Crippen LogP contribution in [0.1, 0.15) is 44.9 Å². The number of rotatable bonds is 6. The van der Waals surface area contributed by atoms with Crippen LogP contribution in [-0.4, -0.2) is 17.0 Å². The van der Waals surface area contributed by atoms with E-state index in [4.69, 9.17) is 0 Å². The van der Waals surface area contributed by atoms with Crippen molar-refractivity contribution in [3.8, 4) is 0 Å². The zero-order valence-corrected chi connectivity index (χ0v) is 14.1. The number of hydrogen-bond donors (Lipinski definition) is 0. The zero-order chi connectivity index (χ0) is 15.9. The molecule has 0 saturated heterocycles. The highest BCUT2D eigenvalue weighted by Crippen LogP contribution is 2.27. The van der Waals surface area contributed by atoms with E-state index in [2.05, 4.69) is 105 Å². The molecule has 0 aliphatic heterocycles. The van der Waals surface area contributed by atoms with Crippen LogP contribution in [-0.2, 0) is 0 Å². The molecule has 2 aromatic rings. The molecule has 0 spiro atoms. The molecule has 2 aromatic carbocycles. The van der Waals surface area contributed by atoms with Crippen molar-refractivity contribution in [3.05, 3.63) is 77.9 Å². The molecule has 0 unspecified atom stereocenters. The van der Waals surface area contributed by atoms with Gasteiger partial charge in [0.2, 0.25) is 0 Å². The molecule has 0 aliphatic carbocycles. The van der Waals surface area contributed by atoms with E-state index in [9.17, 15) is 0 Å². The fourth-order valence-corrected chi connectivity index (χ4v) is 3.04. The van der Waals surface area contributed by atoms with Gasteiger partial charge in [0.1, 0.15) is 0 Å². The summed E-state index contributed by atoms with van der Waals surface area (Å²) in [6, 6.07) is 22.6. The Morgan fingerprint density at radius 3 is 1.73 bits per heavy atom. The van der Waals surface area contributed by atoms with Crippen LogP contribution in [0, 0.1) is 0 Å². The molecule has 0 aromatic heterocycles. The molecule has 0 radical (unpaired) electrons. The normalized spacial score (nSPS) is 13.4. The highest BCUT2D eigenvalue weighted by atomic mass is 15.2. The van der Waals surface area contributed by atoms with Crippen LogP contribution < -0.4 is 0 Å². The number of benzene rings is 2. The van der Waals surface area contributed by atoms with E-state index >= 15 is 0 Å². The lowest BCUT2D eigenvalue weighted by molar-refractivity contribution is 0.139. The van der Waals surface area contributed by atoms with E-state index in [0.717, 1.165) is 0 Å². The van der Waals surface area contributed by atoms with Gasteiger partial charge in [-0.05, 0) is 38.8 Å². The van der Waals surface area contributed by atoms with Crippen LogP contribution in [0.3, 0.4) is 0 Å². The Morgan fingerprint density at radius 2 is 1.23 bits per heavy atom. The minimum atomic E-state index is 0.293. The predicted octanol–water partition coefficient (Wildman–Crippen LogP) is 5.56. The van der Waals surface area contributed by atoms with Crippen LogP contribution in [0.15, 0.2) is 66.7 Å². The maximum atomic E-state index is 2.55. The van der Waals surface area contributed by atoms with Gasteiger partial charge in [-0.2, -0.15) is 0 Å². The van der Waals surface area contributed by atoms with Gasteiger partial charge in [-0.3, -0.25) is 4.90 Å². The summed E-state index contributed by atoms with van der Waals surface area (Å²) in [6.07, 6.45) is 4.56. The van der Waals surface area contributed by atoms with Gasteiger partial charge in [0.15, 0.2) is 0 Å². The van der Waals surface area contributed by atoms with E-state index in [-0.39, 0.29) is 0 Å². The van der Waals surface area contributed by atoms with Gasteiger partial charge in [-0.1, -0.05) is 72.8 Å². The van der Waals surface area contributed by atoms with Crippen molar-refractivity contribution in [2.24, 2.45) is 0 Å². The molecule has 0 N–H and O–H groups in total. The van der Waals surface area contributed by atoms with Crippen molar-refractivity contribution in [3.63, 3.8) is 0 Å². The summed E-state index contributed by atoms with van der Waals surface area (Å²) in [5.74, 6) is 0. The predicted molar refractivity (Wildman–Crippen MR) is 96.8 cm³/mol. The van der Waals surface area contributed by atoms with E-state index in [1.54, 1.807) is 0 Å². The highest BCUT2D eigenvalue weighted by Gasteiger charge is 2.23. The summed E-state index contributed by atoms with van der Waals surface area (Å²) in [4.78, 5) is 2.55. The number of hydrogen-bond acceptors (Lipinski definition) is 1. The maximum absolute atomic E-state index is 2.55. The lowest BCUT2D eigenvalue weighted by atomic mass is 10.0. The molecule has 0 saturated carbocycles. The Balaban J connectivity index is 2.35. The molecule has 1 nitrogen and oxygen atoms in total. The largest absolute Gasteiger partial charge is 0.288 e. The number of nitrogens with zero attached hydrogens (tertiary/aromatic N) is 1. The van der Waals surface area contributed by atoms with Gasteiger partial charge < -0.3 is 0 Å². The third-order valence-electron chi connectivity index (χ3n) is 3.93. The fourth-order valence-electron chi connectivity index (χ4n) is 3.04. The fraction of sp³-hybridized carbons (Fsp3) is 0.333. The quantitative estimate of drug-likeness (QED) is 0.674.